The fraction of sp³-hybridized carbons (Fsp3) is 0.700. The number of hydrogen-bond donors (Lipinski definition) is 1. The highest BCUT2D eigenvalue weighted by Crippen LogP contribution is 2.40. The third kappa shape index (κ3) is 3.69. The molecular formula is C20H33N. The minimum Gasteiger partial charge on any atom is -0.322 e. The molecule has 2 N–H and O–H groups in total. The molecule has 3 unspecified atom stereocenters. The highest BCUT2D eigenvalue weighted by atomic mass is 14.7. The van der Waals surface area contributed by atoms with Gasteiger partial charge in [-0.15, -0.1) is 0 Å². The highest BCUT2D eigenvalue weighted by molar-refractivity contribution is 5.48. The lowest BCUT2D eigenvalue weighted by molar-refractivity contribution is 0.420. The molecule has 3 atom stereocenters. The van der Waals surface area contributed by atoms with Crippen LogP contribution in [0.2, 0.25) is 0 Å². The van der Waals surface area contributed by atoms with Crippen molar-refractivity contribution in [1.29, 1.82) is 0 Å². The minimum absolute atomic E-state index is 0.200. The molecule has 1 fully saturated rings. The Morgan fingerprint density at radius 1 is 1.33 bits per heavy atom. The van der Waals surface area contributed by atoms with E-state index in [4.69, 9.17) is 5.73 Å². The van der Waals surface area contributed by atoms with E-state index < -0.39 is 0 Å². The van der Waals surface area contributed by atoms with E-state index in [-0.39, 0.29) is 5.54 Å². The molecule has 0 spiro atoms. The summed E-state index contributed by atoms with van der Waals surface area (Å²) < 4.78 is 0. The lowest BCUT2D eigenvalue weighted by Gasteiger charge is -2.38. The van der Waals surface area contributed by atoms with Gasteiger partial charge in [0, 0.05) is 5.54 Å². The van der Waals surface area contributed by atoms with Gasteiger partial charge in [-0.3, -0.25) is 0 Å². The zero-order valence-electron chi connectivity index (χ0n) is 14.5. The Labute approximate surface area is 131 Å². The summed E-state index contributed by atoms with van der Waals surface area (Å²) in [6, 6.07) is 0. The predicted octanol–water partition coefficient (Wildman–Crippen LogP) is 5.53. The largest absolute Gasteiger partial charge is 0.322 e. The smallest absolute Gasteiger partial charge is 0.0389 e. The van der Waals surface area contributed by atoms with E-state index in [0.29, 0.717) is 5.92 Å². The molecule has 2 aliphatic carbocycles. The first kappa shape index (κ1) is 16.5. The SMILES string of the molecule is C=C1C(C)=C(C=C2CCCC(CC)CC2)C(C)(N)CC1C. The quantitative estimate of drug-likeness (QED) is 0.664. The van der Waals surface area contributed by atoms with Crippen LogP contribution in [0.25, 0.3) is 0 Å². The van der Waals surface area contributed by atoms with E-state index in [2.05, 4.69) is 40.3 Å². The van der Waals surface area contributed by atoms with Crippen LogP contribution < -0.4 is 5.73 Å². The lowest BCUT2D eigenvalue weighted by atomic mass is 9.71. The predicted molar refractivity (Wildman–Crippen MR) is 93.2 cm³/mol. The van der Waals surface area contributed by atoms with Gasteiger partial charge in [0.25, 0.3) is 0 Å². The van der Waals surface area contributed by atoms with Gasteiger partial charge in [0.1, 0.15) is 0 Å². The molecule has 1 heteroatoms. The van der Waals surface area contributed by atoms with Crippen molar-refractivity contribution in [2.24, 2.45) is 17.6 Å². The summed E-state index contributed by atoms with van der Waals surface area (Å²) in [5.41, 5.74) is 12.0. The number of hydrogen-bond acceptors (Lipinski definition) is 1. The van der Waals surface area contributed by atoms with Crippen LogP contribution in [0.4, 0.5) is 0 Å². The van der Waals surface area contributed by atoms with Crippen LogP contribution in [0.3, 0.4) is 0 Å². The Kier molecular flexibility index (Phi) is 5.14. The van der Waals surface area contributed by atoms with Crippen LogP contribution >= 0.6 is 0 Å². The summed E-state index contributed by atoms with van der Waals surface area (Å²) in [6.07, 6.45) is 11.4. The third-order valence-electron chi connectivity index (χ3n) is 5.74. The van der Waals surface area contributed by atoms with Crippen molar-refractivity contribution < 1.29 is 0 Å². The topological polar surface area (TPSA) is 26.0 Å². The van der Waals surface area contributed by atoms with Crippen LogP contribution in [0.15, 0.2) is 34.9 Å². The van der Waals surface area contributed by atoms with Crippen LogP contribution in [0, 0.1) is 11.8 Å². The average Bonchev–Trinajstić information content (AvgIpc) is 2.66. The summed E-state index contributed by atoms with van der Waals surface area (Å²) in [4.78, 5) is 0. The fourth-order valence-corrected chi connectivity index (χ4v) is 4.15. The van der Waals surface area contributed by atoms with Crippen LogP contribution in [0.5, 0.6) is 0 Å². The molecular weight excluding hydrogens is 254 g/mol. The molecule has 0 radical (unpaired) electrons. The van der Waals surface area contributed by atoms with E-state index in [1.807, 2.05) is 0 Å². The maximum absolute atomic E-state index is 6.63. The molecule has 21 heavy (non-hydrogen) atoms. The summed E-state index contributed by atoms with van der Waals surface area (Å²) in [6.45, 7) is 13.3. The van der Waals surface area contributed by atoms with E-state index in [1.165, 1.54) is 55.2 Å². The molecule has 0 saturated heterocycles. The Balaban J connectivity index is 2.27. The number of nitrogens with two attached hydrogens (primary N) is 1. The van der Waals surface area contributed by atoms with Crippen molar-refractivity contribution in [3.63, 3.8) is 0 Å². The Morgan fingerprint density at radius 2 is 2.05 bits per heavy atom. The van der Waals surface area contributed by atoms with Gasteiger partial charge in [0.2, 0.25) is 0 Å². The number of allylic oxidation sites excluding steroid dienone is 3. The van der Waals surface area contributed by atoms with E-state index in [0.717, 1.165) is 12.3 Å². The molecule has 0 aromatic rings. The fourth-order valence-electron chi connectivity index (χ4n) is 4.15. The van der Waals surface area contributed by atoms with Crippen molar-refractivity contribution in [2.45, 2.75) is 78.2 Å². The van der Waals surface area contributed by atoms with E-state index >= 15 is 0 Å². The van der Waals surface area contributed by atoms with Crippen molar-refractivity contribution in [2.75, 3.05) is 0 Å². The normalized spacial score (nSPS) is 37.0. The first-order valence-electron chi connectivity index (χ1n) is 8.74. The zero-order valence-corrected chi connectivity index (χ0v) is 14.5. The van der Waals surface area contributed by atoms with Crippen molar-refractivity contribution in [1.82, 2.24) is 0 Å². The van der Waals surface area contributed by atoms with Crippen LogP contribution in [-0.4, -0.2) is 5.54 Å². The van der Waals surface area contributed by atoms with Gasteiger partial charge < -0.3 is 5.73 Å². The maximum Gasteiger partial charge on any atom is 0.0389 e. The molecule has 0 aromatic carbocycles. The standard InChI is InChI=1S/C20H33N/c1-6-17-8-7-9-18(11-10-17)12-19-16(4)15(3)14(2)13-20(19,5)21/h12,14,17H,3,6-11,13,21H2,1-2,4-5H3. The molecule has 2 rings (SSSR count). The van der Waals surface area contributed by atoms with Gasteiger partial charge in [-0.25, -0.2) is 0 Å². The molecule has 118 valence electrons. The second kappa shape index (κ2) is 6.52. The van der Waals surface area contributed by atoms with Gasteiger partial charge in [0.15, 0.2) is 0 Å². The molecule has 1 saturated carbocycles. The van der Waals surface area contributed by atoms with Crippen molar-refractivity contribution in [3.05, 3.63) is 34.9 Å². The van der Waals surface area contributed by atoms with Gasteiger partial charge in [-0.2, -0.15) is 0 Å². The minimum atomic E-state index is -0.200. The molecule has 0 aliphatic heterocycles. The van der Waals surface area contributed by atoms with E-state index in [9.17, 15) is 0 Å². The Hall–Kier alpha value is -0.820. The van der Waals surface area contributed by atoms with Crippen LogP contribution in [0.1, 0.15) is 72.6 Å². The maximum atomic E-state index is 6.63. The summed E-state index contributed by atoms with van der Waals surface area (Å²) in [7, 11) is 0. The van der Waals surface area contributed by atoms with Gasteiger partial charge in [-0.1, -0.05) is 44.9 Å². The average molecular weight is 287 g/mol. The lowest BCUT2D eigenvalue weighted by Crippen LogP contribution is -2.43. The summed E-state index contributed by atoms with van der Waals surface area (Å²) in [5, 5.41) is 0. The molecule has 1 nitrogen and oxygen atoms in total. The Bertz CT molecular complexity index is 464. The first-order chi connectivity index (χ1) is 9.85. The number of rotatable bonds is 2. The molecule has 2 aliphatic rings. The monoisotopic (exact) mass is 287 g/mol. The second-order valence-electron chi connectivity index (χ2n) is 7.59. The first-order valence-corrected chi connectivity index (χ1v) is 8.74. The summed E-state index contributed by atoms with van der Waals surface area (Å²) >= 11 is 0. The van der Waals surface area contributed by atoms with E-state index in [1.54, 1.807) is 5.57 Å². The zero-order chi connectivity index (χ0) is 15.6. The van der Waals surface area contributed by atoms with Crippen molar-refractivity contribution >= 4 is 0 Å². The van der Waals surface area contributed by atoms with Gasteiger partial charge in [-0.05, 0) is 74.5 Å². The summed E-state index contributed by atoms with van der Waals surface area (Å²) in [5.74, 6) is 1.43. The molecule has 0 aromatic heterocycles. The molecule has 0 bridgehead atoms. The van der Waals surface area contributed by atoms with Gasteiger partial charge in [0.05, 0.1) is 0 Å². The molecule has 0 amide bonds. The second-order valence-corrected chi connectivity index (χ2v) is 7.59. The van der Waals surface area contributed by atoms with Crippen molar-refractivity contribution in [3.8, 4) is 0 Å². The van der Waals surface area contributed by atoms with Crippen LogP contribution in [-0.2, 0) is 0 Å². The Morgan fingerprint density at radius 3 is 2.71 bits per heavy atom. The third-order valence-corrected chi connectivity index (χ3v) is 5.74. The highest BCUT2D eigenvalue weighted by Gasteiger charge is 2.33. The molecule has 0 heterocycles. The van der Waals surface area contributed by atoms with Gasteiger partial charge >= 0.3 is 0 Å².